The van der Waals surface area contributed by atoms with Gasteiger partial charge >= 0.3 is 6.09 Å². The van der Waals surface area contributed by atoms with Gasteiger partial charge in [-0.1, -0.05) is 11.6 Å². The molecule has 2 rings (SSSR count). The number of aromatic nitrogens is 1. The maximum absolute atomic E-state index is 13.5. The van der Waals surface area contributed by atoms with Crippen LogP contribution in [0.15, 0.2) is 12.3 Å². The summed E-state index contributed by atoms with van der Waals surface area (Å²) in [6.07, 6.45) is 1.41. The van der Waals surface area contributed by atoms with E-state index in [2.05, 4.69) is 15.6 Å². The quantitative estimate of drug-likeness (QED) is 0.788. The molecule has 1 aromatic heterocycles. The van der Waals surface area contributed by atoms with Crippen molar-refractivity contribution in [3.8, 4) is 0 Å². The van der Waals surface area contributed by atoms with Gasteiger partial charge in [0.15, 0.2) is 11.6 Å². The fourth-order valence-electron chi connectivity index (χ4n) is 1.66. The number of rotatable bonds is 4. The monoisotopic (exact) mass is 287 g/mol. The second kappa shape index (κ2) is 5.40. The third-order valence-corrected chi connectivity index (χ3v) is 2.91. The summed E-state index contributed by atoms with van der Waals surface area (Å²) in [6.45, 7) is 0. The van der Waals surface area contributed by atoms with Crippen molar-refractivity contribution in [2.24, 2.45) is 5.92 Å². The van der Waals surface area contributed by atoms with Gasteiger partial charge in [0, 0.05) is 6.20 Å². The predicted molar refractivity (Wildman–Crippen MR) is 65.5 cm³/mol. The van der Waals surface area contributed by atoms with Gasteiger partial charge < -0.3 is 15.7 Å². The Morgan fingerprint density at radius 2 is 2.21 bits per heavy atom. The lowest BCUT2D eigenvalue weighted by atomic mass is 10.1. The van der Waals surface area contributed by atoms with Crippen molar-refractivity contribution < 1.29 is 19.1 Å². The average molecular weight is 288 g/mol. The Bertz CT molecular complexity index is 522. The van der Waals surface area contributed by atoms with E-state index in [4.69, 9.17) is 16.7 Å². The molecule has 0 saturated heterocycles. The Morgan fingerprint density at radius 3 is 2.74 bits per heavy atom. The van der Waals surface area contributed by atoms with E-state index in [-0.39, 0.29) is 16.8 Å². The van der Waals surface area contributed by atoms with Crippen molar-refractivity contribution in [3.63, 3.8) is 0 Å². The Morgan fingerprint density at radius 1 is 1.53 bits per heavy atom. The summed E-state index contributed by atoms with van der Waals surface area (Å²) in [6, 6.07) is 0.121. The average Bonchev–Trinajstić information content (AvgIpc) is 3.13. The molecule has 0 radical (unpaired) electrons. The molecule has 0 aliphatic heterocycles. The molecule has 1 aromatic rings. The lowest BCUT2D eigenvalue weighted by Crippen LogP contribution is -2.44. The molecule has 1 saturated carbocycles. The van der Waals surface area contributed by atoms with Crippen molar-refractivity contribution >= 4 is 29.4 Å². The van der Waals surface area contributed by atoms with Gasteiger partial charge in [-0.25, -0.2) is 14.2 Å². The first kappa shape index (κ1) is 13.5. The number of nitrogens with one attached hydrogen (secondary N) is 2. The van der Waals surface area contributed by atoms with Crippen LogP contribution in [-0.2, 0) is 4.79 Å². The van der Waals surface area contributed by atoms with Crippen LogP contribution in [0.5, 0.6) is 0 Å². The lowest BCUT2D eigenvalue weighted by molar-refractivity contribution is -0.118. The van der Waals surface area contributed by atoms with Crippen LogP contribution in [0.2, 0.25) is 5.02 Å². The van der Waals surface area contributed by atoms with Gasteiger partial charge in [0.2, 0.25) is 5.91 Å². The lowest BCUT2D eigenvalue weighted by Gasteiger charge is -2.15. The predicted octanol–water partition coefficient (Wildman–Crippen LogP) is 1.86. The summed E-state index contributed by atoms with van der Waals surface area (Å²) < 4.78 is 13.5. The van der Waals surface area contributed by atoms with E-state index < -0.39 is 23.9 Å². The smallest absolute Gasteiger partial charge is 0.405 e. The molecule has 19 heavy (non-hydrogen) atoms. The van der Waals surface area contributed by atoms with Crippen molar-refractivity contribution in [2.45, 2.75) is 18.9 Å². The Balaban J connectivity index is 2.07. The number of carbonyl (C=O) groups excluding carboxylic acids is 1. The fourth-order valence-corrected chi connectivity index (χ4v) is 1.81. The van der Waals surface area contributed by atoms with E-state index in [9.17, 15) is 14.0 Å². The van der Waals surface area contributed by atoms with Gasteiger partial charge in [0.25, 0.3) is 0 Å². The minimum absolute atomic E-state index is 0.0496. The van der Waals surface area contributed by atoms with E-state index in [1.54, 1.807) is 0 Å². The second-order valence-corrected chi connectivity index (χ2v) is 4.67. The van der Waals surface area contributed by atoms with E-state index in [0.717, 1.165) is 18.9 Å². The summed E-state index contributed by atoms with van der Waals surface area (Å²) in [4.78, 5) is 26.1. The molecule has 0 aromatic carbocycles. The van der Waals surface area contributed by atoms with Gasteiger partial charge in [-0.05, 0) is 24.8 Å². The van der Waals surface area contributed by atoms with Crippen LogP contribution in [0.25, 0.3) is 0 Å². The summed E-state index contributed by atoms with van der Waals surface area (Å²) in [5, 5.41) is 13.2. The van der Waals surface area contributed by atoms with Crippen molar-refractivity contribution in [3.05, 3.63) is 23.1 Å². The molecule has 2 amide bonds. The molecule has 1 atom stereocenters. The summed E-state index contributed by atoms with van der Waals surface area (Å²) in [7, 11) is 0. The van der Waals surface area contributed by atoms with Crippen LogP contribution >= 0.6 is 11.6 Å². The van der Waals surface area contributed by atoms with Crippen LogP contribution in [0.4, 0.5) is 15.0 Å². The molecular formula is C11H11ClFN3O3. The van der Waals surface area contributed by atoms with Crippen LogP contribution < -0.4 is 10.6 Å². The zero-order valence-corrected chi connectivity index (χ0v) is 10.4. The second-order valence-electron chi connectivity index (χ2n) is 4.24. The van der Waals surface area contributed by atoms with Crippen LogP contribution in [-0.4, -0.2) is 28.1 Å². The molecule has 0 bridgehead atoms. The number of halogens is 2. The first-order valence-corrected chi connectivity index (χ1v) is 5.96. The van der Waals surface area contributed by atoms with E-state index in [1.165, 1.54) is 6.20 Å². The molecule has 1 fully saturated rings. The first-order chi connectivity index (χ1) is 8.97. The highest BCUT2D eigenvalue weighted by molar-refractivity contribution is 6.30. The normalized spacial score (nSPS) is 15.7. The number of hydrogen-bond acceptors (Lipinski definition) is 3. The summed E-state index contributed by atoms with van der Waals surface area (Å²) in [5.74, 6) is -1.72. The zero-order valence-electron chi connectivity index (χ0n) is 9.69. The summed E-state index contributed by atoms with van der Waals surface area (Å²) >= 11 is 5.54. The van der Waals surface area contributed by atoms with Crippen LogP contribution in [0.1, 0.15) is 12.8 Å². The van der Waals surface area contributed by atoms with Gasteiger partial charge in [-0.2, -0.15) is 0 Å². The molecule has 6 nitrogen and oxygen atoms in total. The fraction of sp³-hybridized carbons (Fsp3) is 0.364. The number of amides is 2. The third kappa shape index (κ3) is 3.54. The third-order valence-electron chi connectivity index (χ3n) is 2.70. The molecule has 1 aliphatic rings. The van der Waals surface area contributed by atoms with E-state index >= 15 is 0 Å². The maximum atomic E-state index is 13.5. The van der Waals surface area contributed by atoms with Crippen LogP contribution in [0.3, 0.4) is 0 Å². The number of nitrogens with zero attached hydrogens (tertiary/aromatic N) is 1. The van der Waals surface area contributed by atoms with Crippen molar-refractivity contribution in [1.82, 2.24) is 10.3 Å². The van der Waals surface area contributed by atoms with Gasteiger partial charge in [0.1, 0.15) is 6.04 Å². The number of carbonyl (C=O) groups is 2. The number of carboxylic acid groups (broad SMARTS) is 1. The van der Waals surface area contributed by atoms with E-state index in [0.29, 0.717) is 0 Å². The zero-order chi connectivity index (χ0) is 14.0. The van der Waals surface area contributed by atoms with Crippen molar-refractivity contribution in [2.75, 3.05) is 5.32 Å². The molecule has 8 heteroatoms. The highest BCUT2D eigenvalue weighted by Crippen LogP contribution is 2.33. The Labute approximate surface area is 113 Å². The van der Waals surface area contributed by atoms with Gasteiger partial charge in [0.05, 0.1) is 5.02 Å². The largest absolute Gasteiger partial charge is 0.465 e. The minimum Gasteiger partial charge on any atom is -0.465 e. The molecule has 1 aliphatic carbocycles. The topological polar surface area (TPSA) is 91.3 Å². The molecule has 1 unspecified atom stereocenters. The SMILES string of the molecule is O=C(O)NC(C(=O)Nc1ncc(Cl)cc1F)C1CC1. The number of pyridine rings is 1. The van der Waals surface area contributed by atoms with Gasteiger partial charge in [-0.3, -0.25) is 4.79 Å². The molecule has 0 spiro atoms. The number of anilines is 1. The molecule has 102 valence electrons. The minimum atomic E-state index is -1.29. The Hall–Kier alpha value is -1.89. The highest BCUT2D eigenvalue weighted by atomic mass is 35.5. The standard InChI is InChI=1S/C11H11ClFN3O3/c12-6-3-7(13)9(14-4-6)16-10(17)8(5-1-2-5)15-11(18)19/h3-5,8,15H,1-2H2,(H,18,19)(H,14,16,17). The van der Waals surface area contributed by atoms with Crippen LogP contribution in [0, 0.1) is 11.7 Å². The van der Waals surface area contributed by atoms with Gasteiger partial charge in [-0.15, -0.1) is 0 Å². The maximum Gasteiger partial charge on any atom is 0.405 e. The Kier molecular flexibility index (Phi) is 3.84. The molecule has 3 N–H and O–H groups in total. The molecule has 1 heterocycles. The van der Waals surface area contributed by atoms with Crippen molar-refractivity contribution in [1.29, 1.82) is 0 Å². The molecular weight excluding hydrogens is 277 g/mol. The summed E-state index contributed by atoms with van der Waals surface area (Å²) in [5.41, 5.74) is 0. The highest BCUT2D eigenvalue weighted by Gasteiger charge is 2.37. The van der Waals surface area contributed by atoms with E-state index in [1.807, 2.05) is 0 Å². The number of hydrogen-bond donors (Lipinski definition) is 3. The first-order valence-electron chi connectivity index (χ1n) is 5.58.